The second-order valence-corrected chi connectivity index (χ2v) is 7.24. The molecule has 2 aliphatic rings. The zero-order valence-corrected chi connectivity index (χ0v) is 15.1. The first-order valence-corrected chi connectivity index (χ1v) is 9.40. The van der Waals surface area contributed by atoms with Crippen LogP contribution in [0.2, 0.25) is 0 Å². The summed E-state index contributed by atoms with van der Waals surface area (Å²) in [6.45, 7) is 9.46. The van der Waals surface area contributed by atoms with Crippen molar-refractivity contribution in [2.75, 3.05) is 0 Å². The molecule has 0 N–H and O–H groups in total. The lowest BCUT2D eigenvalue weighted by Gasteiger charge is -2.27. The van der Waals surface area contributed by atoms with E-state index in [1.54, 1.807) is 16.7 Å². The molecule has 0 nitrogen and oxygen atoms in total. The Labute approximate surface area is 138 Å². The van der Waals surface area contributed by atoms with Crippen LogP contribution in [0.4, 0.5) is 0 Å². The predicted molar refractivity (Wildman–Crippen MR) is 98.9 cm³/mol. The highest BCUT2D eigenvalue weighted by Gasteiger charge is 2.20. The summed E-state index contributed by atoms with van der Waals surface area (Å²) < 4.78 is 0. The van der Waals surface area contributed by atoms with Crippen molar-refractivity contribution in [2.24, 2.45) is 17.8 Å². The van der Waals surface area contributed by atoms with E-state index < -0.39 is 0 Å². The van der Waals surface area contributed by atoms with Gasteiger partial charge in [0.15, 0.2) is 0 Å². The van der Waals surface area contributed by atoms with E-state index >= 15 is 0 Å². The molecule has 3 atom stereocenters. The minimum atomic E-state index is 0.728. The Morgan fingerprint density at radius 3 is 2.00 bits per heavy atom. The Morgan fingerprint density at radius 2 is 1.50 bits per heavy atom. The van der Waals surface area contributed by atoms with Gasteiger partial charge in [0.2, 0.25) is 0 Å². The van der Waals surface area contributed by atoms with Crippen molar-refractivity contribution in [2.45, 2.75) is 72.6 Å². The van der Waals surface area contributed by atoms with Gasteiger partial charge in [0.25, 0.3) is 0 Å². The van der Waals surface area contributed by atoms with Gasteiger partial charge in [-0.2, -0.15) is 0 Å². The molecule has 122 valence electrons. The zero-order chi connectivity index (χ0) is 15.9. The molecule has 0 amide bonds. The molecule has 0 aromatic carbocycles. The molecule has 0 saturated heterocycles. The molecule has 0 aliphatic heterocycles. The van der Waals surface area contributed by atoms with Gasteiger partial charge in [0.05, 0.1) is 0 Å². The number of hydrogen-bond donors (Lipinski definition) is 0. The standard InChI is InChI=1S/C22H34/c1-5-17(3)20-12-14-21(15-13-20)18(4)16-19(6-2)22-10-8-7-9-11-22/h7-8,10,12,14,17-19H,5-6,9,11,13,15-16H2,1-4H3. The fourth-order valence-corrected chi connectivity index (χ4v) is 3.87. The minimum Gasteiger partial charge on any atom is -0.0842 e. The van der Waals surface area contributed by atoms with Gasteiger partial charge in [-0.15, -0.1) is 0 Å². The van der Waals surface area contributed by atoms with E-state index in [9.17, 15) is 0 Å². The lowest BCUT2D eigenvalue weighted by Crippen LogP contribution is -2.13. The van der Waals surface area contributed by atoms with Crippen molar-refractivity contribution in [1.82, 2.24) is 0 Å². The third kappa shape index (κ3) is 4.48. The molecule has 0 aromatic rings. The maximum atomic E-state index is 2.44. The van der Waals surface area contributed by atoms with Crippen molar-refractivity contribution >= 4 is 0 Å². The summed E-state index contributed by atoms with van der Waals surface area (Å²) in [6, 6.07) is 0. The molecule has 0 heteroatoms. The number of hydrogen-bond acceptors (Lipinski definition) is 0. The maximum absolute atomic E-state index is 2.44. The van der Waals surface area contributed by atoms with Gasteiger partial charge in [-0.05, 0) is 62.7 Å². The SMILES string of the molecule is CCC(C)C1=CC=C(C(C)CC(CC)C2=CC=CCC2)CC1. The summed E-state index contributed by atoms with van der Waals surface area (Å²) >= 11 is 0. The van der Waals surface area contributed by atoms with Gasteiger partial charge in [0, 0.05) is 0 Å². The number of allylic oxidation sites excluding steroid dienone is 8. The fraction of sp³-hybridized carbons (Fsp3) is 0.636. The van der Waals surface area contributed by atoms with Gasteiger partial charge < -0.3 is 0 Å². The first-order chi connectivity index (χ1) is 10.7. The first-order valence-electron chi connectivity index (χ1n) is 9.40. The minimum absolute atomic E-state index is 0.728. The molecule has 2 rings (SSSR count). The normalized spacial score (nSPS) is 22.5. The molecule has 2 aliphatic carbocycles. The van der Waals surface area contributed by atoms with E-state index in [2.05, 4.69) is 58.1 Å². The van der Waals surface area contributed by atoms with Crippen LogP contribution < -0.4 is 0 Å². The van der Waals surface area contributed by atoms with Crippen LogP contribution in [0.25, 0.3) is 0 Å². The largest absolute Gasteiger partial charge is 0.0842 e. The molecule has 0 bridgehead atoms. The third-order valence-electron chi connectivity index (χ3n) is 5.79. The van der Waals surface area contributed by atoms with Crippen LogP contribution in [0.5, 0.6) is 0 Å². The Hall–Kier alpha value is -1.04. The maximum Gasteiger partial charge on any atom is -0.0197 e. The van der Waals surface area contributed by atoms with E-state index in [0.717, 1.165) is 17.8 Å². The summed E-state index contributed by atoms with van der Waals surface area (Å²) in [4.78, 5) is 0. The van der Waals surface area contributed by atoms with E-state index in [4.69, 9.17) is 0 Å². The molecular weight excluding hydrogens is 264 g/mol. The van der Waals surface area contributed by atoms with E-state index in [1.807, 2.05) is 0 Å². The van der Waals surface area contributed by atoms with Gasteiger partial charge in [-0.1, -0.05) is 74.8 Å². The van der Waals surface area contributed by atoms with Crippen molar-refractivity contribution in [1.29, 1.82) is 0 Å². The molecule has 22 heavy (non-hydrogen) atoms. The van der Waals surface area contributed by atoms with Crippen LogP contribution in [0.3, 0.4) is 0 Å². The highest BCUT2D eigenvalue weighted by Crippen LogP contribution is 2.35. The molecule has 0 heterocycles. The molecular formula is C22H34. The summed E-state index contributed by atoms with van der Waals surface area (Å²) in [7, 11) is 0. The Kier molecular flexibility index (Phi) is 6.73. The fourth-order valence-electron chi connectivity index (χ4n) is 3.87. The van der Waals surface area contributed by atoms with Crippen LogP contribution in [0.1, 0.15) is 72.6 Å². The molecule has 0 aromatic heterocycles. The van der Waals surface area contributed by atoms with Crippen molar-refractivity contribution in [3.8, 4) is 0 Å². The monoisotopic (exact) mass is 298 g/mol. The second kappa shape index (κ2) is 8.56. The molecule has 3 unspecified atom stereocenters. The quantitative estimate of drug-likeness (QED) is 0.474. The summed E-state index contributed by atoms with van der Waals surface area (Å²) in [5.41, 5.74) is 5.02. The van der Waals surface area contributed by atoms with Crippen LogP contribution >= 0.6 is 0 Å². The van der Waals surface area contributed by atoms with Crippen LogP contribution in [-0.4, -0.2) is 0 Å². The van der Waals surface area contributed by atoms with Crippen molar-refractivity contribution < 1.29 is 0 Å². The zero-order valence-electron chi connectivity index (χ0n) is 15.1. The van der Waals surface area contributed by atoms with Crippen LogP contribution in [0, 0.1) is 17.8 Å². The molecule has 0 saturated carbocycles. The van der Waals surface area contributed by atoms with E-state index in [-0.39, 0.29) is 0 Å². The average molecular weight is 299 g/mol. The van der Waals surface area contributed by atoms with Crippen molar-refractivity contribution in [3.63, 3.8) is 0 Å². The van der Waals surface area contributed by atoms with E-state index in [1.165, 1.54) is 44.9 Å². The van der Waals surface area contributed by atoms with Crippen LogP contribution in [-0.2, 0) is 0 Å². The summed E-state index contributed by atoms with van der Waals surface area (Å²) in [5.74, 6) is 2.27. The predicted octanol–water partition coefficient (Wildman–Crippen LogP) is 7.01. The summed E-state index contributed by atoms with van der Waals surface area (Å²) in [6.07, 6.45) is 20.8. The number of rotatable bonds is 7. The lowest BCUT2D eigenvalue weighted by molar-refractivity contribution is 0.440. The first kappa shape index (κ1) is 17.3. The van der Waals surface area contributed by atoms with E-state index in [0.29, 0.717) is 0 Å². The highest BCUT2D eigenvalue weighted by molar-refractivity contribution is 5.27. The average Bonchev–Trinajstić information content (AvgIpc) is 2.59. The summed E-state index contributed by atoms with van der Waals surface area (Å²) in [5, 5.41) is 0. The smallest absolute Gasteiger partial charge is 0.0197 e. The lowest BCUT2D eigenvalue weighted by atomic mass is 9.78. The molecule has 0 radical (unpaired) electrons. The molecule has 0 spiro atoms. The topological polar surface area (TPSA) is 0 Å². The van der Waals surface area contributed by atoms with Crippen molar-refractivity contribution in [3.05, 3.63) is 47.1 Å². The van der Waals surface area contributed by atoms with Gasteiger partial charge in [-0.25, -0.2) is 0 Å². The highest BCUT2D eigenvalue weighted by atomic mass is 14.3. The van der Waals surface area contributed by atoms with Crippen LogP contribution in [0.15, 0.2) is 47.1 Å². The second-order valence-electron chi connectivity index (χ2n) is 7.24. The Balaban J connectivity index is 1.98. The van der Waals surface area contributed by atoms with Gasteiger partial charge >= 0.3 is 0 Å². The van der Waals surface area contributed by atoms with Gasteiger partial charge in [0.1, 0.15) is 0 Å². The molecule has 0 fully saturated rings. The third-order valence-corrected chi connectivity index (χ3v) is 5.79. The Bertz CT molecular complexity index is 472. The Morgan fingerprint density at radius 1 is 0.818 bits per heavy atom. The van der Waals surface area contributed by atoms with Gasteiger partial charge in [-0.3, -0.25) is 0 Å².